The predicted molar refractivity (Wildman–Crippen MR) is 109 cm³/mol. The summed E-state index contributed by atoms with van der Waals surface area (Å²) in [6.07, 6.45) is 0. The summed E-state index contributed by atoms with van der Waals surface area (Å²) in [4.78, 5) is 24.1. The van der Waals surface area contributed by atoms with Crippen LogP contribution in [-0.4, -0.2) is 20.4 Å². The van der Waals surface area contributed by atoms with Crippen molar-refractivity contribution < 1.29 is 22.4 Å². The molecular formula is C20H18ClNO6S. The Bertz CT molecular complexity index is 1250. The van der Waals surface area contributed by atoms with Crippen LogP contribution in [0.3, 0.4) is 0 Å². The Morgan fingerprint density at radius 3 is 2.45 bits per heavy atom. The molecule has 1 N–H and O–H groups in total. The highest BCUT2D eigenvalue weighted by molar-refractivity contribution is 7.89. The van der Waals surface area contributed by atoms with E-state index in [0.717, 1.165) is 5.56 Å². The van der Waals surface area contributed by atoms with E-state index in [1.54, 1.807) is 25.1 Å². The zero-order valence-corrected chi connectivity index (χ0v) is 17.4. The van der Waals surface area contributed by atoms with Crippen LogP contribution in [0.25, 0.3) is 11.0 Å². The van der Waals surface area contributed by atoms with E-state index in [2.05, 4.69) is 4.72 Å². The number of esters is 1. The zero-order valence-electron chi connectivity index (χ0n) is 15.9. The van der Waals surface area contributed by atoms with Crippen molar-refractivity contribution >= 4 is 38.6 Å². The van der Waals surface area contributed by atoms with E-state index in [9.17, 15) is 18.0 Å². The second kappa shape index (κ2) is 7.98. The first-order valence-corrected chi connectivity index (χ1v) is 10.5. The third-order valence-electron chi connectivity index (χ3n) is 4.30. The predicted octanol–water partition coefficient (Wildman–Crippen LogP) is 3.34. The molecule has 0 radical (unpaired) electrons. The third-order valence-corrected chi connectivity index (χ3v) is 6.30. The van der Waals surface area contributed by atoms with Gasteiger partial charge in [0, 0.05) is 11.5 Å². The number of fused-ring (bicyclic) bond motifs is 1. The van der Waals surface area contributed by atoms with Crippen molar-refractivity contribution in [2.24, 2.45) is 0 Å². The molecule has 7 nitrogen and oxygen atoms in total. The molecule has 1 heterocycles. The van der Waals surface area contributed by atoms with Crippen LogP contribution in [0.4, 0.5) is 0 Å². The lowest BCUT2D eigenvalue weighted by Crippen LogP contribution is -2.40. The second-order valence-electron chi connectivity index (χ2n) is 6.56. The Hall–Kier alpha value is -2.68. The van der Waals surface area contributed by atoms with E-state index in [1.165, 1.54) is 31.2 Å². The summed E-state index contributed by atoms with van der Waals surface area (Å²) in [5.74, 6) is -0.707. The molecule has 0 amide bonds. The maximum atomic E-state index is 12.4. The number of nitrogens with one attached hydrogen (secondary N) is 1. The highest BCUT2D eigenvalue weighted by atomic mass is 35.5. The fourth-order valence-corrected chi connectivity index (χ4v) is 3.98. The molecule has 152 valence electrons. The number of carbonyl (C=O) groups excluding carboxylic acids is 1. The van der Waals surface area contributed by atoms with Crippen LogP contribution in [0.15, 0.2) is 56.6 Å². The zero-order chi connectivity index (χ0) is 21.3. The number of rotatable bonds is 5. The van der Waals surface area contributed by atoms with Gasteiger partial charge >= 0.3 is 11.6 Å². The summed E-state index contributed by atoms with van der Waals surface area (Å²) < 4.78 is 37.5. The molecule has 1 aromatic heterocycles. The lowest BCUT2D eigenvalue weighted by atomic mass is 10.1. The number of hydrogen-bond donors (Lipinski definition) is 1. The first-order valence-electron chi connectivity index (χ1n) is 8.62. The number of halogens is 1. The van der Waals surface area contributed by atoms with E-state index in [1.807, 2.05) is 6.92 Å². The molecule has 0 fully saturated rings. The highest BCUT2D eigenvalue weighted by Gasteiger charge is 2.24. The van der Waals surface area contributed by atoms with Crippen LogP contribution in [0, 0.1) is 13.8 Å². The Morgan fingerprint density at radius 1 is 1.14 bits per heavy atom. The second-order valence-corrected chi connectivity index (χ2v) is 8.66. The molecule has 0 unspecified atom stereocenters. The van der Waals surface area contributed by atoms with Gasteiger partial charge in [-0.15, -0.1) is 0 Å². The first kappa shape index (κ1) is 21.0. The molecule has 0 aliphatic rings. The van der Waals surface area contributed by atoms with Gasteiger partial charge in [0.05, 0.1) is 4.90 Å². The van der Waals surface area contributed by atoms with Gasteiger partial charge in [0.25, 0.3) is 0 Å². The topological polar surface area (TPSA) is 103 Å². The van der Waals surface area contributed by atoms with Crippen LogP contribution in [0.1, 0.15) is 18.1 Å². The Balaban J connectivity index is 1.78. The van der Waals surface area contributed by atoms with Crippen molar-refractivity contribution in [1.82, 2.24) is 4.72 Å². The number of ether oxygens (including phenoxy) is 1. The molecule has 0 bridgehead atoms. The van der Waals surface area contributed by atoms with E-state index in [-0.39, 0.29) is 21.3 Å². The van der Waals surface area contributed by atoms with Gasteiger partial charge in [0.15, 0.2) is 0 Å². The van der Waals surface area contributed by atoms with E-state index in [0.29, 0.717) is 10.9 Å². The summed E-state index contributed by atoms with van der Waals surface area (Å²) in [6, 6.07) is 9.57. The normalized spacial score (nSPS) is 12.7. The lowest BCUT2D eigenvalue weighted by Gasteiger charge is -2.14. The van der Waals surface area contributed by atoms with Crippen molar-refractivity contribution in [2.75, 3.05) is 0 Å². The molecule has 0 aliphatic carbocycles. The van der Waals surface area contributed by atoms with Crippen LogP contribution >= 0.6 is 11.6 Å². The molecule has 1 atom stereocenters. The SMILES string of the molecule is Cc1ccc(S(=O)(=O)N[C@@H](C)C(=O)Oc2ccc3c(C)c(Cl)c(=O)oc3c2)cc1. The lowest BCUT2D eigenvalue weighted by molar-refractivity contribution is -0.135. The molecule has 0 spiro atoms. The van der Waals surface area contributed by atoms with E-state index in [4.69, 9.17) is 20.8 Å². The van der Waals surface area contributed by atoms with E-state index >= 15 is 0 Å². The standard InChI is InChI=1S/C20H18ClNO6S/c1-11-4-7-15(8-5-11)29(25,26)22-13(3)19(23)27-14-6-9-16-12(2)18(21)20(24)28-17(16)10-14/h4-10,13,22H,1-3H3/t13-/m0/s1. The first-order chi connectivity index (χ1) is 13.6. The maximum absolute atomic E-state index is 12.4. The summed E-state index contributed by atoms with van der Waals surface area (Å²) >= 11 is 5.89. The Labute approximate surface area is 172 Å². The minimum atomic E-state index is -3.89. The third kappa shape index (κ3) is 4.50. The fraction of sp³-hybridized carbons (Fsp3) is 0.200. The number of benzene rings is 2. The van der Waals surface area contributed by atoms with Gasteiger partial charge in [0.2, 0.25) is 10.0 Å². The van der Waals surface area contributed by atoms with Crippen molar-refractivity contribution in [2.45, 2.75) is 31.7 Å². The van der Waals surface area contributed by atoms with Gasteiger partial charge < -0.3 is 9.15 Å². The molecular weight excluding hydrogens is 418 g/mol. The van der Waals surface area contributed by atoms with Gasteiger partial charge in [0.1, 0.15) is 22.4 Å². The van der Waals surface area contributed by atoms with Crippen LogP contribution in [0.2, 0.25) is 5.02 Å². The molecule has 29 heavy (non-hydrogen) atoms. The van der Waals surface area contributed by atoms with Crippen LogP contribution in [0.5, 0.6) is 5.75 Å². The Kier molecular flexibility index (Phi) is 5.79. The van der Waals surface area contributed by atoms with Gasteiger partial charge in [-0.25, -0.2) is 18.0 Å². The molecule has 3 rings (SSSR count). The molecule has 9 heteroatoms. The minimum Gasteiger partial charge on any atom is -0.425 e. The maximum Gasteiger partial charge on any atom is 0.355 e. The largest absolute Gasteiger partial charge is 0.425 e. The van der Waals surface area contributed by atoms with Crippen LogP contribution < -0.4 is 15.1 Å². The van der Waals surface area contributed by atoms with Gasteiger partial charge in [-0.1, -0.05) is 29.3 Å². The van der Waals surface area contributed by atoms with E-state index < -0.39 is 27.7 Å². The quantitative estimate of drug-likeness (QED) is 0.374. The molecule has 3 aromatic rings. The smallest absolute Gasteiger partial charge is 0.355 e. The molecule has 0 saturated carbocycles. The van der Waals surface area contributed by atoms with Gasteiger partial charge in [-0.3, -0.25) is 0 Å². The van der Waals surface area contributed by atoms with Crippen LogP contribution in [-0.2, 0) is 14.8 Å². The van der Waals surface area contributed by atoms with Crippen molar-refractivity contribution in [3.63, 3.8) is 0 Å². The summed E-state index contributed by atoms with van der Waals surface area (Å²) in [5.41, 5.74) is 0.973. The monoisotopic (exact) mass is 435 g/mol. The number of hydrogen-bond acceptors (Lipinski definition) is 6. The number of carbonyl (C=O) groups is 1. The fourth-order valence-electron chi connectivity index (χ4n) is 2.65. The summed E-state index contributed by atoms with van der Waals surface area (Å²) in [7, 11) is -3.89. The highest BCUT2D eigenvalue weighted by Crippen LogP contribution is 2.26. The average molecular weight is 436 g/mol. The van der Waals surface area contributed by atoms with Gasteiger partial charge in [-0.2, -0.15) is 4.72 Å². The molecule has 0 saturated heterocycles. The minimum absolute atomic E-state index is 0.0126. The molecule has 2 aromatic carbocycles. The van der Waals surface area contributed by atoms with Gasteiger partial charge in [-0.05, 0) is 50.6 Å². The number of aryl methyl sites for hydroxylation is 2. The summed E-state index contributed by atoms with van der Waals surface area (Å²) in [5, 5.41) is 0.587. The number of sulfonamides is 1. The van der Waals surface area contributed by atoms with Crippen molar-refractivity contribution in [1.29, 1.82) is 0 Å². The summed E-state index contributed by atoms with van der Waals surface area (Å²) in [6.45, 7) is 4.89. The van der Waals surface area contributed by atoms with Crippen molar-refractivity contribution in [3.05, 3.63) is 69.0 Å². The van der Waals surface area contributed by atoms with Crippen molar-refractivity contribution in [3.8, 4) is 5.75 Å². The molecule has 0 aliphatic heterocycles. The Morgan fingerprint density at radius 2 is 1.79 bits per heavy atom. The average Bonchev–Trinajstić information content (AvgIpc) is 2.66.